The van der Waals surface area contributed by atoms with Gasteiger partial charge >= 0.3 is 7.12 Å². The molecule has 0 saturated carbocycles. The van der Waals surface area contributed by atoms with Crippen molar-refractivity contribution in [1.29, 1.82) is 0 Å². The van der Waals surface area contributed by atoms with Crippen LogP contribution in [0.3, 0.4) is 0 Å². The molecule has 0 saturated heterocycles. The summed E-state index contributed by atoms with van der Waals surface area (Å²) in [6, 6.07) is 47.8. The van der Waals surface area contributed by atoms with Gasteiger partial charge in [0.2, 0.25) is 0 Å². The van der Waals surface area contributed by atoms with Crippen LogP contribution in [0.4, 0.5) is 0 Å². The fourth-order valence-electron chi connectivity index (χ4n) is 5.51. The minimum atomic E-state index is -1.59. The second-order valence-electron chi connectivity index (χ2n) is 10.3. The molecule has 7 aromatic rings. The quantitative estimate of drug-likeness (QED) is 0.215. The van der Waals surface area contributed by atoms with Crippen molar-refractivity contribution in [3.63, 3.8) is 0 Å². The maximum absolute atomic E-state index is 10.3. The number of rotatable bonds is 6. The zero-order valence-electron chi connectivity index (χ0n) is 23.2. The molecule has 5 nitrogen and oxygen atoms in total. The lowest BCUT2D eigenvalue weighted by molar-refractivity contribution is 0.426. The summed E-state index contributed by atoms with van der Waals surface area (Å²) in [5.74, 6) is 1.81. The number of benzene rings is 6. The molecule has 0 aliphatic carbocycles. The second-order valence-corrected chi connectivity index (χ2v) is 10.3. The van der Waals surface area contributed by atoms with Crippen LogP contribution in [0.15, 0.2) is 146 Å². The van der Waals surface area contributed by atoms with Crippen LogP contribution in [0.5, 0.6) is 0 Å². The Balaban J connectivity index is 1.33. The maximum Gasteiger partial charge on any atom is 0.489 e. The number of nitrogens with zero attached hydrogens (tertiary/aromatic N) is 3. The van der Waals surface area contributed by atoms with Crippen LogP contribution in [-0.2, 0) is 0 Å². The molecular formula is C37H26BN3O2. The molecule has 0 spiro atoms. The van der Waals surface area contributed by atoms with E-state index in [0.717, 1.165) is 49.7 Å². The topological polar surface area (TPSA) is 79.1 Å². The van der Waals surface area contributed by atoms with Crippen LogP contribution in [0.25, 0.3) is 67.2 Å². The summed E-state index contributed by atoms with van der Waals surface area (Å²) >= 11 is 0. The molecule has 2 N–H and O–H groups in total. The van der Waals surface area contributed by atoms with Gasteiger partial charge in [0.05, 0.1) is 0 Å². The Morgan fingerprint density at radius 1 is 0.372 bits per heavy atom. The van der Waals surface area contributed by atoms with Gasteiger partial charge in [-0.1, -0.05) is 146 Å². The molecule has 0 radical (unpaired) electrons. The Hall–Kier alpha value is -5.43. The van der Waals surface area contributed by atoms with E-state index in [1.165, 1.54) is 0 Å². The summed E-state index contributed by atoms with van der Waals surface area (Å²) in [5.41, 5.74) is 6.89. The Morgan fingerprint density at radius 3 is 1.47 bits per heavy atom. The fourth-order valence-corrected chi connectivity index (χ4v) is 5.51. The number of fused-ring (bicyclic) bond motifs is 1. The van der Waals surface area contributed by atoms with Crippen LogP contribution in [0.1, 0.15) is 0 Å². The predicted molar refractivity (Wildman–Crippen MR) is 174 cm³/mol. The standard InChI is InChI=1S/C37H26BN3O2/c42-38(43)34-31-17-8-7-11-25(31)23-24-32(34)27-21-19-26(20-22-27)30-16-9-10-18-33(30)37-40-35(28-12-3-1-4-13-28)39-36(41-37)29-14-5-2-6-15-29/h1-24,42-43H. The Bertz CT molecular complexity index is 1990. The van der Waals surface area contributed by atoms with E-state index in [1.807, 2.05) is 140 Å². The van der Waals surface area contributed by atoms with E-state index in [-0.39, 0.29) is 0 Å². The second kappa shape index (κ2) is 11.5. The molecule has 43 heavy (non-hydrogen) atoms. The Kier molecular flexibility index (Phi) is 7.05. The molecule has 0 amide bonds. The molecule has 6 heteroatoms. The van der Waals surface area contributed by atoms with Crippen LogP contribution in [0, 0.1) is 0 Å². The van der Waals surface area contributed by atoms with Crippen molar-refractivity contribution >= 4 is 23.4 Å². The smallest absolute Gasteiger partial charge is 0.423 e. The van der Waals surface area contributed by atoms with Gasteiger partial charge in [0.25, 0.3) is 0 Å². The first kappa shape index (κ1) is 26.5. The van der Waals surface area contributed by atoms with Gasteiger partial charge in [-0.05, 0) is 38.5 Å². The van der Waals surface area contributed by atoms with Crippen molar-refractivity contribution in [2.24, 2.45) is 0 Å². The molecule has 0 bridgehead atoms. The highest BCUT2D eigenvalue weighted by Crippen LogP contribution is 2.34. The molecule has 0 aliphatic heterocycles. The monoisotopic (exact) mass is 555 g/mol. The molecule has 7 rings (SSSR count). The van der Waals surface area contributed by atoms with E-state index < -0.39 is 7.12 Å². The largest absolute Gasteiger partial charge is 0.489 e. The molecule has 0 aliphatic rings. The van der Waals surface area contributed by atoms with Gasteiger partial charge in [-0.3, -0.25) is 0 Å². The highest BCUT2D eigenvalue weighted by atomic mass is 16.4. The number of hydrogen-bond acceptors (Lipinski definition) is 5. The summed E-state index contributed by atoms with van der Waals surface area (Å²) in [4.78, 5) is 14.7. The molecule has 0 unspecified atom stereocenters. The third-order valence-corrected chi connectivity index (χ3v) is 7.60. The SMILES string of the molecule is OB(O)c1c(-c2ccc(-c3ccccc3-c3nc(-c4ccccc4)nc(-c4ccccc4)n3)cc2)ccc2ccccc12. The van der Waals surface area contributed by atoms with Crippen molar-refractivity contribution in [3.8, 4) is 56.4 Å². The predicted octanol–water partition coefficient (Wildman–Crippen LogP) is 7.04. The molecule has 0 atom stereocenters. The van der Waals surface area contributed by atoms with E-state index in [2.05, 4.69) is 6.07 Å². The van der Waals surface area contributed by atoms with Gasteiger partial charge in [0.1, 0.15) is 0 Å². The molecule has 6 aromatic carbocycles. The average molecular weight is 555 g/mol. The zero-order valence-corrected chi connectivity index (χ0v) is 23.2. The Labute approximate surface area is 250 Å². The normalized spacial score (nSPS) is 11.0. The minimum Gasteiger partial charge on any atom is -0.423 e. The maximum atomic E-state index is 10.3. The molecule has 0 fully saturated rings. The van der Waals surface area contributed by atoms with E-state index in [4.69, 9.17) is 15.0 Å². The van der Waals surface area contributed by atoms with Crippen LogP contribution in [0.2, 0.25) is 0 Å². The first-order valence-corrected chi connectivity index (χ1v) is 14.1. The lowest BCUT2D eigenvalue weighted by atomic mass is 9.72. The molecule has 1 aromatic heterocycles. The zero-order chi connectivity index (χ0) is 29.2. The minimum absolute atomic E-state index is 0.498. The molecular weight excluding hydrogens is 529 g/mol. The van der Waals surface area contributed by atoms with Gasteiger partial charge in [-0.25, -0.2) is 15.0 Å². The van der Waals surface area contributed by atoms with Crippen molar-refractivity contribution < 1.29 is 10.0 Å². The molecule has 1 heterocycles. The van der Waals surface area contributed by atoms with E-state index in [1.54, 1.807) is 0 Å². The first-order valence-electron chi connectivity index (χ1n) is 14.1. The first-order chi connectivity index (χ1) is 21.2. The summed E-state index contributed by atoms with van der Waals surface area (Å²) in [6.45, 7) is 0. The lowest BCUT2D eigenvalue weighted by Gasteiger charge is -2.14. The summed E-state index contributed by atoms with van der Waals surface area (Å²) < 4.78 is 0. The van der Waals surface area contributed by atoms with Gasteiger partial charge in [0, 0.05) is 16.7 Å². The van der Waals surface area contributed by atoms with Crippen molar-refractivity contribution in [1.82, 2.24) is 15.0 Å². The summed E-state index contributed by atoms with van der Waals surface area (Å²) in [6.07, 6.45) is 0. The van der Waals surface area contributed by atoms with Crippen LogP contribution < -0.4 is 5.46 Å². The summed E-state index contributed by atoms with van der Waals surface area (Å²) in [5, 5.41) is 22.4. The average Bonchev–Trinajstić information content (AvgIpc) is 3.08. The fraction of sp³-hybridized carbons (Fsp3) is 0. The molecule has 204 valence electrons. The third kappa shape index (κ3) is 5.21. The van der Waals surface area contributed by atoms with Crippen LogP contribution in [-0.4, -0.2) is 32.1 Å². The Morgan fingerprint density at radius 2 is 0.860 bits per heavy atom. The van der Waals surface area contributed by atoms with Crippen molar-refractivity contribution in [2.45, 2.75) is 0 Å². The van der Waals surface area contributed by atoms with Gasteiger partial charge < -0.3 is 10.0 Å². The van der Waals surface area contributed by atoms with Crippen molar-refractivity contribution in [2.75, 3.05) is 0 Å². The highest BCUT2D eigenvalue weighted by molar-refractivity contribution is 6.64. The number of hydrogen-bond donors (Lipinski definition) is 2. The van der Waals surface area contributed by atoms with Gasteiger partial charge in [0.15, 0.2) is 17.5 Å². The van der Waals surface area contributed by atoms with Gasteiger partial charge in [-0.2, -0.15) is 0 Å². The van der Waals surface area contributed by atoms with Crippen molar-refractivity contribution in [3.05, 3.63) is 146 Å². The summed E-state index contributed by atoms with van der Waals surface area (Å²) in [7, 11) is -1.59. The van der Waals surface area contributed by atoms with E-state index in [0.29, 0.717) is 22.9 Å². The van der Waals surface area contributed by atoms with Gasteiger partial charge in [-0.15, -0.1) is 0 Å². The lowest BCUT2D eigenvalue weighted by Crippen LogP contribution is -2.32. The third-order valence-electron chi connectivity index (χ3n) is 7.60. The van der Waals surface area contributed by atoms with E-state index in [9.17, 15) is 10.0 Å². The van der Waals surface area contributed by atoms with Crippen LogP contribution >= 0.6 is 0 Å². The van der Waals surface area contributed by atoms with E-state index >= 15 is 0 Å². The highest BCUT2D eigenvalue weighted by Gasteiger charge is 2.21. The number of aromatic nitrogens is 3.